The molecule has 0 amide bonds. The van der Waals surface area contributed by atoms with Crippen molar-refractivity contribution >= 4 is 12.2 Å². The topological polar surface area (TPSA) is 68.5 Å². The number of H-pyrrole nitrogens is 1. The lowest BCUT2D eigenvalue weighted by atomic mass is 10.1. The molecule has 0 fully saturated rings. The number of hydrogen-bond donors (Lipinski definition) is 1. The Morgan fingerprint density at radius 2 is 2.10 bits per heavy atom. The first-order valence-corrected chi connectivity index (χ1v) is 7.68. The van der Waals surface area contributed by atoms with E-state index in [1.807, 2.05) is 17.6 Å². The zero-order valence-electron chi connectivity index (χ0n) is 12.9. The van der Waals surface area contributed by atoms with E-state index in [2.05, 4.69) is 36.1 Å². The van der Waals surface area contributed by atoms with Crippen molar-refractivity contribution in [3.05, 3.63) is 26.9 Å². The predicted molar refractivity (Wildman–Crippen MR) is 85.0 cm³/mol. The van der Waals surface area contributed by atoms with Crippen LogP contribution in [0.15, 0.2) is 10.9 Å². The normalized spacial score (nSPS) is 11.3. The van der Waals surface area contributed by atoms with Crippen LogP contribution in [0.25, 0.3) is 11.4 Å². The second kappa shape index (κ2) is 6.34. The first-order valence-electron chi connectivity index (χ1n) is 7.27. The largest absolute Gasteiger partial charge is 0.300 e. The molecule has 0 unspecified atom stereocenters. The molecule has 0 aliphatic heterocycles. The van der Waals surface area contributed by atoms with Gasteiger partial charge >= 0.3 is 0 Å². The van der Waals surface area contributed by atoms with Crippen LogP contribution in [0, 0.1) is 4.77 Å². The summed E-state index contributed by atoms with van der Waals surface area (Å²) in [5.41, 5.74) is 1.30. The van der Waals surface area contributed by atoms with Crippen LogP contribution in [0.5, 0.6) is 0 Å². The Bertz CT molecular complexity index is 741. The van der Waals surface area contributed by atoms with Gasteiger partial charge in [0.15, 0.2) is 10.6 Å². The molecule has 0 saturated heterocycles. The summed E-state index contributed by atoms with van der Waals surface area (Å²) < 4.78 is 3.90. The van der Waals surface area contributed by atoms with Gasteiger partial charge in [-0.05, 0) is 37.5 Å². The van der Waals surface area contributed by atoms with Crippen LogP contribution in [0.3, 0.4) is 0 Å². The Labute approximate surface area is 128 Å². The van der Waals surface area contributed by atoms with Crippen molar-refractivity contribution in [1.82, 2.24) is 24.5 Å². The zero-order valence-corrected chi connectivity index (χ0v) is 13.7. The quantitative estimate of drug-likeness (QED) is 0.862. The Morgan fingerprint density at radius 3 is 2.67 bits per heavy atom. The molecule has 0 saturated carbocycles. The third kappa shape index (κ3) is 2.97. The van der Waals surface area contributed by atoms with Crippen molar-refractivity contribution in [3.63, 3.8) is 0 Å². The summed E-state index contributed by atoms with van der Waals surface area (Å²) in [5, 5.41) is 11.4. The van der Waals surface area contributed by atoms with Crippen LogP contribution >= 0.6 is 12.2 Å². The molecule has 114 valence electrons. The number of aromatic nitrogens is 5. The van der Waals surface area contributed by atoms with Gasteiger partial charge in [-0.25, -0.2) is 4.68 Å². The number of hydrogen-bond acceptors (Lipinski definition) is 4. The van der Waals surface area contributed by atoms with Gasteiger partial charge in [0.25, 0.3) is 5.56 Å². The second-order valence-corrected chi connectivity index (χ2v) is 5.65. The summed E-state index contributed by atoms with van der Waals surface area (Å²) in [6.45, 7) is 9.35. The summed E-state index contributed by atoms with van der Waals surface area (Å²) in [7, 11) is 0. The lowest BCUT2D eigenvalue weighted by Crippen LogP contribution is -2.26. The van der Waals surface area contributed by atoms with Gasteiger partial charge in [0.2, 0.25) is 0 Å². The molecule has 2 aromatic rings. The highest BCUT2D eigenvalue weighted by Gasteiger charge is 2.16. The molecule has 2 heterocycles. The molecule has 1 N–H and O–H groups in total. The maximum absolute atomic E-state index is 12.5. The molecule has 0 aliphatic rings. The summed E-state index contributed by atoms with van der Waals surface area (Å²) in [4.78, 5) is 12.5. The van der Waals surface area contributed by atoms with Crippen LogP contribution in [-0.4, -0.2) is 24.5 Å². The van der Waals surface area contributed by atoms with E-state index < -0.39 is 0 Å². The highest BCUT2D eigenvalue weighted by Crippen LogP contribution is 2.18. The minimum Gasteiger partial charge on any atom is -0.300 e. The lowest BCUT2D eigenvalue weighted by Gasteiger charge is -2.11. The molecule has 6 nitrogen and oxygen atoms in total. The van der Waals surface area contributed by atoms with E-state index in [-0.39, 0.29) is 11.5 Å². The maximum Gasteiger partial charge on any atom is 0.277 e. The molecule has 0 aliphatic carbocycles. The number of nitrogens with zero attached hydrogens (tertiary/aromatic N) is 4. The van der Waals surface area contributed by atoms with Crippen molar-refractivity contribution in [2.75, 3.05) is 0 Å². The first kappa shape index (κ1) is 15.6. The third-order valence-electron chi connectivity index (χ3n) is 3.33. The number of nitrogens with one attached hydrogen (secondary N) is 1. The summed E-state index contributed by atoms with van der Waals surface area (Å²) in [6, 6.07) is 1.83. The van der Waals surface area contributed by atoms with E-state index in [1.165, 1.54) is 4.68 Å². The highest BCUT2D eigenvalue weighted by molar-refractivity contribution is 7.71. The van der Waals surface area contributed by atoms with Crippen LogP contribution in [0.1, 0.15) is 45.7 Å². The monoisotopic (exact) mass is 307 g/mol. The Morgan fingerprint density at radius 1 is 1.38 bits per heavy atom. The molecule has 7 heteroatoms. The van der Waals surface area contributed by atoms with Crippen LogP contribution in [-0.2, 0) is 13.1 Å². The Balaban J connectivity index is 2.71. The molecule has 0 bridgehead atoms. The third-order valence-corrected chi connectivity index (χ3v) is 3.64. The van der Waals surface area contributed by atoms with Gasteiger partial charge in [-0.1, -0.05) is 20.8 Å². The smallest absolute Gasteiger partial charge is 0.277 e. The molecule has 0 atom stereocenters. The number of aryl methyl sites for hydroxylation is 1. The van der Waals surface area contributed by atoms with Gasteiger partial charge in [-0.2, -0.15) is 10.2 Å². The van der Waals surface area contributed by atoms with Gasteiger partial charge < -0.3 is 4.57 Å². The van der Waals surface area contributed by atoms with Gasteiger partial charge in [0.05, 0.1) is 11.3 Å². The molecule has 2 aromatic heterocycles. The van der Waals surface area contributed by atoms with Gasteiger partial charge in [0.1, 0.15) is 0 Å². The SMILES string of the molecule is CCCn1c(-c2cc(C(C)C)nn(CC)c2=O)n[nH]c1=S. The number of aromatic amines is 1. The van der Waals surface area contributed by atoms with E-state index in [9.17, 15) is 4.79 Å². The van der Waals surface area contributed by atoms with Crippen molar-refractivity contribution < 1.29 is 0 Å². The van der Waals surface area contributed by atoms with E-state index in [0.717, 1.165) is 18.7 Å². The average Bonchev–Trinajstić information content (AvgIpc) is 2.81. The molecule has 2 rings (SSSR count). The van der Waals surface area contributed by atoms with Crippen molar-refractivity contribution in [3.8, 4) is 11.4 Å². The Hall–Kier alpha value is -1.76. The molecular formula is C14H21N5OS. The molecule has 0 spiro atoms. The summed E-state index contributed by atoms with van der Waals surface area (Å²) in [5.74, 6) is 0.835. The molecule has 21 heavy (non-hydrogen) atoms. The predicted octanol–water partition coefficient (Wildman–Crippen LogP) is 2.72. The second-order valence-electron chi connectivity index (χ2n) is 5.26. The number of rotatable bonds is 5. The van der Waals surface area contributed by atoms with Gasteiger partial charge in [0, 0.05) is 13.1 Å². The summed E-state index contributed by atoms with van der Waals surface area (Å²) >= 11 is 5.25. The van der Waals surface area contributed by atoms with Crippen molar-refractivity contribution in [2.24, 2.45) is 0 Å². The van der Waals surface area contributed by atoms with E-state index in [4.69, 9.17) is 12.2 Å². The van der Waals surface area contributed by atoms with Gasteiger partial charge in [-0.3, -0.25) is 9.89 Å². The maximum atomic E-state index is 12.5. The molecule has 0 aromatic carbocycles. The minimum atomic E-state index is -0.131. The molecule has 0 radical (unpaired) electrons. The van der Waals surface area contributed by atoms with Crippen LogP contribution in [0.4, 0.5) is 0 Å². The van der Waals surface area contributed by atoms with Crippen molar-refractivity contribution in [2.45, 2.75) is 53.1 Å². The fourth-order valence-corrected chi connectivity index (χ4v) is 2.40. The van der Waals surface area contributed by atoms with E-state index in [0.29, 0.717) is 22.7 Å². The van der Waals surface area contributed by atoms with Gasteiger partial charge in [-0.15, -0.1) is 0 Å². The molecular weight excluding hydrogens is 286 g/mol. The Kier molecular flexibility index (Phi) is 4.72. The van der Waals surface area contributed by atoms with E-state index >= 15 is 0 Å². The fraction of sp³-hybridized carbons (Fsp3) is 0.571. The average molecular weight is 307 g/mol. The highest BCUT2D eigenvalue weighted by atomic mass is 32.1. The lowest BCUT2D eigenvalue weighted by molar-refractivity contribution is 0.585. The minimum absolute atomic E-state index is 0.131. The van der Waals surface area contributed by atoms with Crippen LogP contribution in [0.2, 0.25) is 0 Å². The van der Waals surface area contributed by atoms with Crippen LogP contribution < -0.4 is 5.56 Å². The summed E-state index contributed by atoms with van der Waals surface area (Å²) in [6.07, 6.45) is 0.922. The van der Waals surface area contributed by atoms with Crippen molar-refractivity contribution in [1.29, 1.82) is 0 Å². The first-order chi connectivity index (χ1) is 9.99. The standard InChI is InChI=1S/C14H21N5OS/c1-5-7-18-12(15-16-14(18)21)10-8-11(9(3)4)17-19(6-2)13(10)20/h8-9H,5-7H2,1-4H3,(H,16,21). The fourth-order valence-electron chi connectivity index (χ4n) is 2.17. The zero-order chi connectivity index (χ0) is 15.6. The van der Waals surface area contributed by atoms with E-state index in [1.54, 1.807) is 0 Å².